The first kappa shape index (κ1) is 14.1. The molecule has 0 bridgehead atoms. The molecule has 1 atom stereocenters. The molecule has 4 nitrogen and oxygen atoms in total. The van der Waals surface area contributed by atoms with E-state index in [1.807, 2.05) is 0 Å². The molecule has 2 heterocycles. The fourth-order valence-corrected chi connectivity index (χ4v) is 2.79. The Morgan fingerprint density at radius 2 is 2.19 bits per heavy atom. The molecule has 3 rings (SSSR count). The van der Waals surface area contributed by atoms with E-state index in [0.29, 0.717) is 18.0 Å². The zero-order chi connectivity index (χ0) is 14.8. The number of hydrogen-bond acceptors (Lipinski definition) is 4. The molecule has 1 aliphatic heterocycles. The van der Waals surface area contributed by atoms with Crippen LogP contribution in [0.4, 0.5) is 11.7 Å². The summed E-state index contributed by atoms with van der Waals surface area (Å²) in [6.07, 6.45) is 2.88. The summed E-state index contributed by atoms with van der Waals surface area (Å²) in [6.45, 7) is 8.22. The fourth-order valence-electron chi connectivity index (χ4n) is 2.79. The van der Waals surface area contributed by atoms with Crippen LogP contribution >= 0.6 is 0 Å². The molecule has 112 valence electrons. The van der Waals surface area contributed by atoms with Crippen molar-refractivity contribution in [1.82, 2.24) is 10.3 Å². The number of fused-ring (bicyclic) bond motifs is 1. The van der Waals surface area contributed by atoms with Gasteiger partial charge in [-0.05, 0) is 24.0 Å². The van der Waals surface area contributed by atoms with Crippen molar-refractivity contribution in [2.45, 2.75) is 39.8 Å². The molecule has 0 saturated carbocycles. The monoisotopic (exact) mass is 285 g/mol. The Morgan fingerprint density at radius 1 is 1.38 bits per heavy atom. The van der Waals surface area contributed by atoms with Gasteiger partial charge in [0.05, 0.1) is 5.69 Å². The van der Waals surface area contributed by atoms with E-state index in [1.165, 1.54) is 11.3 Å². The summed E-state index contributed by atoms with van der Waals surface area (Å²) in [5, 5.41) is 3.36. The molecule has 21 heavy (non-hydrogen) atoms. The number of hydrogen-bond donors (Lipinski definition) is 1. The maximum Gasteiger partial charge on any atom is 0.302 e. The van der Waals surface area contributed by atoms with Gasteiger partial charge in [-0.2, -0.15) is 4.98 Å². The van der Waals surface area contributed by atoms with Crippen LogP contribution in [0.25, 0.3) is 0 Å². The van der Waals surface area contributed by atoms with Crippen molar-refractivity contribution >= 4 is 11.7 Å². The first-order valence-electron chi connectivity index (χ1n) is 7.66. The number of nitrogens with one attached hydrogen (secondary N) is 1. The van der Waals surface area contributed by atoms with Crippen molar-refractivity contribution < 1.29 is 4.42 Å². The molecule has 1 unspecified atom stereocenters. The molecule has 0 saturated heterocycles. The summed E-state index contributed by atoms with van der Waals surface area (Å²) in [5.41, 5.74) is 3.55. The molecule has 1 N–H and O–H groups in total. The Labute approximate surface area is 126 Å². The highest BCUT2D eigenvalue weighted by Gasteiger charge is 2.25. The van der Waals surface area contributed by atoms with E-state index in [2.05, 4.69) is 60.2 Å². The van der Waals surface area contributed by atoms with Gasteiger partial charge < -0.3 is 9.73 Å². The van der Waals surface area contributed by atoms with Gasteiger partial charge in [0, 0.05) is 24.8 Å². The van der Waals surface area contributed by atoms with Crippen molar-refractivity contribution in [3.8, 4) is 0 Å². The quantitative estimate of drug-likeness (QED) is 0.933. The molecular formula is C17H23N3O. The Hall–Kier alpha value is -1.81. The largest absolute Gasteiger partial charge is 0.431 e. The minimum atomic E-state index is 0.445. The van der Waals surface area contributed by atoms with Gasteiger partial charge in [0.25, 0.3) is 0 Å². The molecule has 0 fully saturated rings. The van der Waals surface area contributed by atoms with Gasteiger partial charge in [0.1, 0.15) is 6.26 Å². The Balaban J connectivity index is 1.83. The molecule has 0 radical (unpaired) electrons. The summed E-state index contributed by atoms with van der Waals surface area (Å²) in [7, 11) is 0. The standard InChI is InChI=1S/C17H23N3O/c1-12(2)18-9-15-11-21-17(19-15)20-10-13(3)8-14-6-4-5-7-16(14)20/h4-7,11-13,18H,8-10H2,1-3H3. The molecule has 4 heteroatoms. The first-order valence-corrected chi connectivity index (χ1v) is 7.66. The van der Waals surface area contributed by atoms with E-state index in [-0.39, 0.29) is 0 Å². The van der Waals surface area contributed by atoms with Crippen LogP contribution in [-0.4, -0.2) is 17.6 Å². The number of aromatic nitrogens is 1. The molecule has 1 aromatic carbocycles. The van der Waals surface area contributed by atoms with Crippen molar-refractivity contribution in [3.63, 3.8) is 0 Å². The summed E-state index contributed by atoms with van der Waals surface area (Å²) in [4.78, 5) is 6.83. The lowest BCUT2D eigenvalue weighted by molar-refractivity contribution is 0.503. The fraction of sp³-hybridized carbons (Fsp3) is 0.471. The summed E-state index contributed by atoms with van der Waals surface area (Å²) in [5.74, 6) is 0.601. The van der Waals surface area contributed by atoms with Crippen LogP contribution in [0.1, 0.15) is 32.0 Å². The number of para-hydroxylation sites is 1. The minimum absolute atomic E-state index is 0.445. The highest BCUT2D eigenvalue weighted by atomic mass is 16.4. The number of benzene rings is 1. The molecule has 0 aliphatic carbocycles. The lowest BCUT2D eigenvalue weighted by Crippen LogP contribution is -2.30. The van der Waals surface area contributed by atoms with Crippen LogP contribution in [-0.2, 0) is 13.0 Å². The van der Waals surface area contributed by atoms with Crippen molar-refractivity contribution in [3.05, 3.63) is 41.8 Å². The normalized spacial score (nSPS) is 18.1. The number of rotatable bonds is 4. The van der Waals surface area contributed by atoms with Crippen LogP contribution < -0.4 is 10.2 Å². The molecule has 1 aliphatic rings. The summed E-state index contributed by atoms with van der Waals surface area (Å²) >= 11 is 0. The Morgan fingerprint density at radius 3 is 3.00 bits per heavy atom. The van der Waals surface area contributed by atoms with Crippen molar-refractivity contribution in [2.75, 3.05) is 11.4 Å². The third-order valence-corrected chi connectivity index (χ3v) is 3.81. The van der Waals surface area contributed by atoms with Gasteiger partial charge in [-0.3, -0.25) is 4.90 Å². The smallest absolute Gasteiger partial charge is 0.302 e. The van der Waals surface area contributed by atoms with E-state index in [0.717, 1.165) is 25.2 Å². The van der Waals surface area contributed by atoms with Gasteiger partial charge in [-0.15, -0.1) is 0 Å². The molecule has 0 spiro atoms. The van der Waals surface area contributed by atoms with Crippen LogP contribution in [0.15, 0.2) is 34.9 Å². The number of nitrogens with zero attached hydrogens (tertiary/aromatic N) is 2. The van der Waals surface area contributed by atoms with Crippen molar-refractivity contribution in [1.29, 1.82) is 0 Å². The van der Waals surface area contributed by atoms with E-state index >= 15 is 0 Å². The second-order valence-corrected chi connectivity index (χ2v) is 6.21. The Bertz CT molecular complexity index is 606. The zero-order valence-electron chi connectivity index (χ0n) is 13.0. The molecular weight excluding hydrogens is 262 g/mol. The van der Waals surface area contributed by atoms with E-state index in [1.54, 1.807) is 6.26 Å². The zero-order valence-corrected chi connectivity index (χ0v) is 13.0. The molecule has 2 aromatic rings. The number of oxazole rings is 1. The van der Waals surface area contributed by atoms with Gasteiger partial charge in [-0.25, -0.2) is 0 Å². The first-order chi connectivity index (χ1) is 10.1. The molecule has 1 aromatic heterocycles. The topological polar surface area (TPSA) is 41.3 Å². The summed E-state index contributed by atoms with van der Waals surface area (Å²) in [6, 6.07) is 9.67. The van der Waals surface area contributed by atoms with Crippen LogP contribution in [0.5, 0.6) is 0 Å². The SMILES string of the molecule is CC1Cc2ccccc2N(c2nc(CNC(C)C)co2)C1. The third-order valence-electron chi connectivity index (χ3n) is 3.81. The second kappa shape index (κ2) is 5.90. The minimum Gasteiger partial charge on any atom is -0.431 e. The lowest BCUT2D eigenvalue weighted by atomic mass is 9.94. The van der Waals surface area contributed by atoms with Crippen LogP contribution in [0.2, 0.25) is 0 Å². The number of anilines is 2. The maximum atomic E-state index is 5.72. The highest BCUT2D eigenvalue weighted by Crippen LogP contribution is 2.34. The van der Waals surface area contributed by atoms with Crippen LogP contribution in [0.3, 0.4) is 0 Å². The predicted molar refractivity (Wildman–Crippen MR) is 84.8 cm³/mol. The average Bonchev–Trinajstić information content (AvgIpc) is 2.93. The maximum absolute atomic E-state index is 5.72. The van der Waals surface area contributed by atoms with Gasteiger partial charge in [0.15, 0.2) is 0 Å². The van der Waals surface area contributed by atoms with E-state index in [9.17, 15) is 0 Å². The van der Waals surface area contributed by atoms with Crippen LogP contribution in [0, 0.1) is 5.92 Å². The second-order valence-electron chi connectivity index (χ2n) is 6.21. The van der Waals surface area contributed by atoms with E-state index < -0.39 is 0 Å². The summed E-state index contributed by atoms with van der Waals surface area (Å²) < 4.78 is 5.72. The van der Waals surface area contributed by atoms with Crippen molar-refractivity contribution in [2.24, 2.45) is 5.92 Å². The van der Waals surface area contributed by atoms with Gasteiger partial charge >= 0.3 is 6.01 Å². The molecule has 0 amide bonds. The van der Waals surface area contributed by atoms with Gasteiger partial charge in [0.2, 0.25) is 0 Å². The highest BCUT2D eigenvalue weighted by molar-refractivity contribution is 5.62. The average molecular weight is 285 g/mol. The lowest BCUT2D eigenvalue weighted by Gasteiger charge is -2.31. The predicted octanol–water partition coefficient (Wildman–Crippen LogP) is 3.50. The Kier molecular flexibility index (Phi) is 3.97. The van der Waals surface area contributed by atoms with E-state index in [4.69, 9.17) is 4.42 Å². The van der Waals surface area contributed by atoms with Gasteiger partial charge in [-0.1, -0.05) is 39.0 Å². The third kappa shape index (κ3) is 3.10.